The highest BCUT2D eigenvalue weighted by molar-refractivity contribution is 6.07. The molecule has 1 amide bonds. The minimum Gasteiger partial charge on any atom is -0.484 e. The van der Waals surface area contributed by atoms with E-state index >= 15 is 0 Å². The molecule has 0 saturated heterocycles. The first-order chi connectivity index (χ1) is 11.7. The highest BCUT2D eigenvalue weighted by atomic mass is 19.4. The van der Waals surface area contributed by atoms with Gasteiger partial charge >= 0.3 is 12.1 Å². The Morgan fingerprint density at radius 1 is 1.32 bits per heavy atom. The smallest absolute Gasteiger partial charge is 0.422 e. The maximum atomic E-state index is 12.3. The van der Waals surface area contributed by atoms with Crippen molar-refractivity contribution in [2.75, 3.05) is 19.0 Å². The number of carbonyl (C=O) groups excluding carboxylic acids is 2. The number of benzene rings is 1. The highest BCUT2D eigenvalue weighted by Gasteiger charge is 2.28. The average Bonchev–Trinajstić information content (AvgIpc) is 2.92. The quantitative estimate of drug-likeness (QED) is 0.831. The zero-order valence-electron chi connectivity index (χ0n) is 13.3. The molecule has 1 aromatic carbocycles. The highest BCUT2D eigenvalue weighted by Crippen LogP contribution is 2.21. The molecule has 0 fully saturated rings. The molecular weight excluding hydrogens is 343 g/mol. The number of nitrogens with zero attached hydrogens (tertiary/aromatic N) is 2. The number of alkyl halides is 3. The Kier molecular flexibility index (Phi) is 5.30. The Balaban J connectivity index is 2.15. The lowest BCUT2D eigenvalue weighted by Gasteiger charge is -2.10. The second-order valence-electron chi connectivity index (χ2n) is 4.94. The molecule has 2 aromatic rings. The minimum absolute atomic E-state index is 0.0549. The van der Waals surface area contributed by atoms with Gasteiger partial charge in [-0.2, -0.15) is 18.3 Å². The van der Waals surface area contributed by atoms with Crippen molar-refractivity contribution in [3.05, 3.63) is 41.7 Å². The summed E-state index contributed by atoms with van der Waals surface area (Å²) in [5.41, 5.74) is 0.0723. The van der Waals surface area contributed by atoms with Crippen molar-refractivity contribution < 1.29 is 32.2 Å². The molecule has 0 unspecified atom stereocenters. The molecule has 1 aromatic heterocycles. The van der Waals surface area contributed by atoms with Gasteiger partial charge in [-0.15, -0.1) is 0 Å². The average molecular weight is 357 g/mol. The third-order valence-electron chi connectivity index (χ3n) is 2.95. The lowest BCUT2D eigenvalue weighted by molar-refractivity contribution is -0.153. The van der Waals surface area contributed by atoms with E-state index in [0.29, 0.717) is 0 Å². The first-order valence-electron chi connectivity index (χ1n) is 6.92. The Bertz CT molecular complexity index is 787. The molecule has 0 saturated carbocycles. The van der Waals surface area contributed by atoms with Gasteiger partial charge in [-0.3, -0.25) is 9.48 Å². The number of hydrogen-bond donors (Lipinski definition) is 1. The van der Waals surface area contributed by atoms with E-state index in [1.807, 2.05) is 0 Å². The lowest BCUT2D eigenvalue weighted by Crippen LogP contribution is -2.19. The summed E-state index contributed by atoms with van der Waals surface area (Å²) in [6, 6.07) is 5.23. The largest absolute Gasteiger partial charge is 0.484 e. The van der Waals surface area contributed by atoms with Crippen LogP contribution in [-0.4, -0.2) is 41.5 Å². The number of anilines is 1. The van der Waals surface area contributed by atoms with Crippen LogP contribution in [0.15, 0.2) is 30.5 Å². The van der Waals surface area contributed by atoms with E-state index in [4.69, 9.17) is 0 Å². The topological polar surface area (TPSA) is 82.5 Å². The fourth-order valence-corrected chi connectivity index (χ4v) is 1.91. The zero-order valence-corrected chi connectivity index (χ0v) is 13.3. The second kappa shape index (κ2) is 7.24. The molecule has 1 heterocycles. The SMILES string of the molecule is COC(=O)c1nn(C)cc1NC(=O)c1cccc(OCC(F)(F)F)c1. The summed E-state index contributed by atoms with van der Waals surface area (Å²) in [4.78, 5) is 23.9. The summed E-state index contributed by atoms with van der Waals surface area (Å²) in [7, 11) is 2.72. The number of nitrogens with one attached hydrogen (secondary N) is 1. The van der Waals surface area contributed by atoms with Gasteiger partial charge < -0.3 is 14.8 Å². The first-order valence-corrected chi connectivity index (χ1v) is 6.92. The fraction of sp³-hybridized carbons (Fsp3) is 0.267. The van der Waals surface area contributed by atoms with E-state index in [0.717, 1.165) is 6.07 Å². The first kappa shape index (κ1) is 18.3. The number of methoxy groups -OCH3 is 1. The van der Waals surface area contributed by atoms with Crippen LogP contribution >= 0.6 is 0 Å². The maximum absolute atomic E-state index is 12.3. The number of rotatable bonds is 5. The molecular formula is C15H14F3N3O4. The van der Waals surface area contributed by atoms with Crippen molar-refractivity contribution in [2.45, 2.75) is 6.18 Å². The third kappa shape index (κ3) is 4.96. The summed E-state index contributed by atoms with van der Waals surface area (Å²) in [5.74, 6) is -1.49. The molecule has 10 heteroatoms. The molecule has 1 N–H and O–H groups in total. The van der Waals surface area contributed by atoms with E-state index < -0.39 is 24.7 Å². The summed E-state index contributed by atoms with van der Waals surface area (Å²) in [6.07, 6.45) is -3.09. The van der Waals surface area contributed by atoms with Crippen molar-refractivity contribution in [1.82, 2.24) is 9.78 Å². The van der Waals surface area contributed by atoms with Crippen LogP contribution in [0.3, 0.4) is 0 Å². The Labute approximate surface area is 140 Å². The lowest BCUT2D eigenvalue weighted by atomic mass is 10.2. The Morgan fingerprint density at radius 3 is 2.68 bits per heavy atom. The molecule has 2 rings (SSSR count). The van der Waals surface area contributed by atoms with Gasteiger partial charge in [0.15, 0.2) is 12.3 Å². The molecule has 0 aliphatic rings. The summed E-state index contributed by atoms with van der Waals surface area (Å²) in [5, 5.41) is 6.34. The summed E-state index contributed by atoms with van der Waals surface area (Å²) < 4.78 is 47.0. The Morgan fingerprint density at radius 2 is 2.04 bits per heavy atom. The number of halogens is 3. The van der Waals surface area contributed by atoms with Gasteiger partial charge in [0.2, 0.25) is 0 Å². The van der Waals surface area contributed by atoms with E-state index in [9.17, 15) is 22.8 Å². The molecule has 0 aliphatic carbocycles. The second-order valence-corrected chi connectivity index (χ2v) is 4.94. The molecule has 0 radical (unpaired) electrons. The number of hydrogen-bond acceptors (Lipinski definition) is 5. The van der Waals surface area contributed by atoms with Crippen LogP contribution in [0.2, 0.25) is 0 Å². The van der Waals surface area contributed by atoms with Crippen molar-refractivity contribution in [3.63, 3.8) is 0 Å². The maximum Gasteiger partial charge on any atom is 0.422 e. The van der Waals surface area contributed by atoms with Crippen molar-refractivity contribution in [1.29, 1.82) is 0 Å². The van der Waals surface area contributed by atoms with Gasteiger partial charge in [0.1, 0.15) is 5.75 Å². The molecule has 0 spiro atoms. The fourth-order valence-electron chi connectivity index (χ4n) is 1.91. The van der Waals surface area contributed by atoms with Crippen LogP contribution < -0.4 is 10.1 Å². The van der Waals surface area contributed by atoms with Crippen LogP contribution in [0.5, 0.6) is 5.75 Å². The van der Waals surface area contributed by atoms with Crippen LogP contribution in [0.1, 0.15) is 20.8 Å². The van der Waals surface area contributed by atoms with E-state index in [1.54, 1.807) is 7.05 Å². The number of aryl methyl sites for hydroxylation is 1. The monoisotopic (exact) mass is 357 g/mol. The molecule has 0 atom stereocenters. The van der Waals surface area contributed by atoms with Gasteiger partial charge in [0, 0.05) is 18.8 Å². The van der Waals surface area contributed by atoms with Crippen molar-refractivity contribution >= 4 is 17.6 Å². The molecule has 134 valence electrons. The van der Waals surface area contributed by atoms with Crippen LogP contribution in [-0.2, 0) is 11.8 Å². The predicted octanol–water partition coefficient (Wildman–Crippen LogP) is 2.40. The Hall–Kier alpha value is -3.04. The minimum atomic E-state index is -4.48. The van der Waals surface area contributed by atoms with Gasteiger partial charge in [-0.1, -0.05) is 6.07 Å². The van der Waals surface area contributed by atoms with Gasteiger partial charge in [-0.25, -0.2) is 4.79 Å². The molecule has 7 nitrogen and oxygen atoms in total. The van der Waals surface area contributed by atoms with E-state index in [2.05, 4.69) is 19.9 Å². The van der Waals surface area contributed by atoms with Crippen molar-refractivity contribution in [3.8, 4) is 5.75 Å². The number of esters is 1. The van der Waals surface area contributed by atoms with Gasteiger partial charge in [-0.05, 0) is 18.2 Å². The van der Waals surface area contributed by atoms with E-state index in [1.165, 1.54) is 36.2 Å². The molecule has 0 aliphatic heterocycles. The number of aromatic nitrogens is 2. The standard InChI is InChI=1S/C15H14F3N3O4/c1-21-7-11(12(20-21)14(23)24-2)19-13(22)9-4-3-5-10(6-9)25-8-15(16,17)18/h3-7H,8H2,1-2H3,(H,19,22). The van der Waals surface area contributed by atoms with Crippen LogP contribution in [0.4, 0.5) is 18.9 Å². The summed E-state index contributed by atoms with van der Waals surface area (Å²) >= 11 is 0. The van der Waals surface area contributed by atoms with E-state index in [-0.39, 0.29) is 22.7 Å². The van der Waals surface area contributed by atoms with Gasteiger partial charge in [0.25, 0.3) is 5.91 Å². The predicted molar refractivity (Wildman–Crippen MR) is 80.5 cm³/mol. The zero-order chi connectivity index (χ0) is 18.6. The number of ether oxygens (including phenoxy) is 2. The normalized spacial score (nSPS) is 11.1. The number of amides is 1. The van der Waals surface area contributed by atoms with Gasteiger partial charge in [0.05, 0.1) is 12.8 Å². The van der Waals surface area contributed by atoms with Crippen molar-refractivity contribution in [2.24, 2.45) is 7.05 Å². The molecule has 0 bridgehead atoms. The number of carbonyl (C=O) groups is 2. The van der Waals surface area contributed by atoms with Crippen LogP contribution in [0.25, 0.3) is 0 Å². The summed E-state index contributed by atoms with van der Waals surface area (Å²) in [6.45, 7) is -1.47. The van der Waals surface area contributed by atoms with Crippen LogP contribution in [0, 0.1) is 0 Å². The molecule has 25 heavy (non-hydrogen) atoms. The third-order valence-corrected chi connectivity index (χ3v) is 2.95.